The third-order valence-corrected chi connectivity index (χ3v) is 5.46. The average Bonchev–Trinajstić information content (AvgIpc) is 2.68. The Bertz CT molecular complexity index is 767. The van der Waals surface area contributed by atoms with Crippen LogP contribution in [0.2, 0.25) is 0 Å². The molecule has 1 unspecified atom stereocenters. The third-order valence-electron chi connectivity index (χ3n) is 5.46. The predicted octanol–water partition coefficient (Wildman–Crippen LogP) is 2.78. The van der Waals surface area contributed by atoms with Crippen LogP contribution in [0.3, 0.4) is 0 Å². The molecule has 2 aromatic carbocycles. The lowest BCUT2D eigenvalue weighted by Crippen LogP contribution is -2.54. The van der Waals surface area contributed by atoms with Crippen molar-refractivity contribution in [3.05, 3.63) is 59.7 Å². The number of benzene rings is 2. The van der Waals surface area contributed by atoms with Gasteiger partial charge in [0.05, 0.1) is 0 Å². The topological polar surface area (TPSA) is 55.8 Å². The molecule has 2 amide bonds. The number of nitrogens with zero attached hydrogens (tertiary/aromatic N) is 2. The van der Waals surface area contributed by atoms with Crippen molar-refractivity contribution in [2.45, 2.75) is 25.3 Å². The molecule has 4 rings (SSSR count). The van der Waals surface area contributed by atoms with Gasteiger partial charge in [0.1, 0.15) is 5.75 Å². The molecular weight excluding hydrogens is 326 g/mol. The summed E-state index contributed by atoms with van der Waals surface area (Å²) in [6, 6.07) is 16.1. The maximum atomic E-state index is 12.6. The smallest absolute Gasteiger partial charge is 0.317 e. The molecule has 1 atom stereocenters. The zero-order valence-electron chi connectivity index (χ0n) is 14.9. The molecule has 5 nitrogen and oxygen atoms in total. The van der Waals surface area contributed by atoms with Crippen LogP contribution in [-0.2, 0) is 12.8 Å². The molecule has 0 saturated carbocycles. The van der Waals surface area contributed by atoms with Crippen molar-refractivity contribution in [2.24, 2.45) is 0 Å². The summed E-state index contributed by atoms with van der Waals surface area (Å²) in [5.74, 6) is 0.279. The zero-order valence-corrected chi connectivity index (χ0v) is 14.9. The number of piperazine rings is 1. The van der Waals surface area contributed by atoms with E-state index in [0.717, 1.165) is 51.1 Å². The Morgan fingerprint density at radius 3 is 2.38 bits per heavy atom. The molecule has 0 bridgehead atoms. The maximum Gasteiger partial charge on any atom is 0.317 e. The SMILES string of the molecule is O=C(NC1CCc2ccccc2C1)N1CCN(c2ccc(O)cc2)CC1. The number of phenolic OH excluding ortho intramolecular Hbond substituents is 1. The van der Waals surface area contributed by atoms with E-state index in [1.807, 2.05) is 17.0 Å². The van der Waals surface area contributed by atoms with Crippen LogP contribution in [0.1, 0.15) is 17.5 Å². The first-order valence-corrected chi connectivity index (χ1v) is 9.35. The first kappa shape index (κ1) is 16.8. The van der Waals surface area contributed by atoms with Crippen molar-refractivity contribution in [3.8, 4) is 5.75 Å². The molecular formula is C21H25N3O2. The average molecular weight is 351 g/mol. The van der Waals surface area contributed by atoms with Crippen molar-refractivity contribution in [1.29, 1.82) is 0 Å². The lowest BCUT2D eigenvalue weighted by molar-refractivity contribution is 0.189. The quantitative estimate of drug-likeness (QED) is 0.875. The summed E-state index contributed by atoms with van der Waals surface area (Å²) in [7, 11) is 0. The molecule has 136 valence electrons. The highest BCUT2D eigenvalue weighted by atomic mass is 16.3. The first-order valence-electron chi connectivity index (χ1n) is 9.35. The van der Waals surface area contributed by atoms with Gasteiger partial charge in [0.25, 0.3) is 0 Å². The van der Waals surface area contributed by atoms with Gasteiger partial charge in [-0.1, -0.05) is 24.3 Å². The summed E-state index contributed by atoms with van der Waals surface area (Å²) in [6.45, 7) is 3.06. The van der Waals surface area contributed by atoms with Gasteiger partial charge in [-0.2, -0.15) is 0 Å². The number of amides is 2. The Morgan fingerprint density at radius 1 is 0.962 bits per heavy atom. The van der Waals surface area contributed by atoms with E-state index in [9.17, 15) is 9.90 Å². The summed E-state index contributed by atoms with van der Waals surface area (Å²) in [5.41, 5.74) is 3.87. The van der Waals surface area contributed by atoms with Crippen LogP contribution in [0.25, 0.3) is 0 Å². The van der Waals surface area contributed by atoms with Gasteiger partial charge in [-0.3, -0.25) is 0 Å². The minimum absolute atomic E-state index is 0.0553. The number of nitrogens with one attached hydrogen (secondary N) is 1. The van der Waals surface area contributed by atoms with Gasteiger partial charge in [-0.05, 0) is 54.7 Å². The Kier molecular flexibility index (Phi) is 4.69. The molecule has 1 aliphatic heterocycles. The maximum absolute atomic E-state index is 12.6. The highest BCUT2D eigenvalue weighted by Gasteiger charge is 2.25. The van der Waals surface area contributed by atoms with E-state index >= 15 is 0 Å². The van der Waals surface area contributed by atoms with E-state index in [4.69, 9.17) is 0 Å². The molecule has 26 heavy (non-hydrogen) atoms. The fourth-order valence-electron chi connectivity index (χ4n) is 3.92. The number of aromatic hydroxyl groups is 1. The van der Waals surface area contributed by atoms with Crippen molar-refractivity contribution < 1.29 is 9.90 Å². The van der Waals surface area contributed by atoms with Gasteiger partial charge in [-0.25, -0.2) is 4.79 Å². The molecule has 2 aliphatic rings. The number of aryl methyl sites for hydroxylation is 1. The summed E-state index contributed by atoms with van der Waals surface area (Å²) in [6.07, 6.45) is 2.97. The second kappa shape index (κ2) is 7.28. The number of hydrogen-bond acceptors (Lipinski definition) is 3. The fourth-order valence-corrected chi connectivity index (χ4v) is 3.92. The molecule has 1 aliphatic carbocycles. The lowest BCUT2D eigenvalue weighted by Gasteiger charge is -2.37. The zero-order chi connectivity index (χ0) is 17.9. The highest BCUT2D eigenvalue weighted by Crippen LogP contribution is 2.22. The van der Waals surface area contributed by atoms with Crippen LogP contribution in [0, 0.1) is 0 Å². The minimum atomic E-state index is 0.0553. The van der Waals surface area contributed by atoms with Crippen LogP contribution in [0.15, 0.2) is 48.5 Å². The summed E-state index contributed by atoms with van der Waals surface area (Å²) < 4.78 is 0. The summed E-state index contributed by atoms with van der Waals surface area (Å²) in [5, 5.41) is 12.6. The highest BCUT2D eigenvalue weighted by molar-refractivity contribution is 5.75. The number of anilines is 1. The molecule has 2 N–H and O–H groups in total. The van der Waals surface area contributed by atoms with E-state index in [1.165, 1.54) is 11.1 Å². The van der Waals surface area contributed by atoms with Crippen LogP contribution in [-0.4, -0.2) is 48.3 Å². The first-order chi connectivity index (χ1) is 12.7. The number of rotatable bonds is 2. The third kappa shape index (κ3) is 3.62. The van der Waals surface area contributed by atoms with Gasteiger partial charge < -0.3 is 20.2 Å². The Morgan fingerprint density at radius 2 is 1.65 bits per heavy atom. The van der Waals surface area contributed by atoms with Gasteiger partial charge >= 0.3 is 6.03 Å². The second-order valence-electron chi connectivity index (χ2n) is 7.15. The monoisotopic (exact) mass is 351 g/mol. The molecule has 0 spiro atoms. The van der Waals surface area contributed by atoms with Crippen LogP contribution >= 0.6 is 0 Å². The number of carbonyl (C=O) groups excluding carboxylic acids is 1. The van der Waals surface area contributed by atoms with Gasteiger partial charge in [-0.15, -0.1) is 0 Å². The number of fused-ring (bicyclic) bond motifs is 1. The van der Waals surface area contributed by atoms with Crippen molar-refractivity contribution in [3.63, 3.8) is 0 Å². The molecule has 1 heterocycles. The van der Waals surface area contributed by atoms with Gasteiger partial charge in [0.2, 0.25) is 0 Å². The van der Waals surface area contributed by atoms with Gasteiger partial charge in [0.15, 0.2) is 0 Å². The van der Waals surface area contributed by atoms with E-state index in [-0.39, 0.29) is 17.8 Å². The standard InChI is InChI=1S/C21H25N3O2/c25-20-9-7-19(8-10-20)23-11-13-24(14-12-23)21(26)22-18-6-5-16-3-1-2-4-17(16)15-18/h1-4,7-10,18,25H,5-6,11-15H2,(H,22,26). The minimum Gasteiger partial charge on any atom is -0.508 e. The largest absolute Gasteiger partial charge is 0.508 e. The predicted molar refractivity (Wildman–Crippen MR) is 103 cm³/mol. The number of hydrogen-bond donors (Lipinski definition) is 2. The normalized spacial score (nSPS) is 19.8. The Hall–Kier alpha value is -2.69. The number of urea groups is 1. The van der Waals surface area contributed by atoms with Crippen LogP contribution in [0.5, 0.6) is 5.75 Å². The fraction of sp³-hybridized carbons (Fsp3) is 0.381. The van der Waals surface area contributed by atoms with Gasteiger partial charge in [0, 0.05) is 37.9 Å². The molecule has 1 saturated heterocycles. The Labute approximate surface area is 154 Å². The van der Waals surface area contributed by atoms with Crippen molar-refractivity contribution in [2.75, 3.05) is 31.1 Å². The van der Waals surface area contributed by atoms with Crippen molar-refractivity contribution in [1.82, 2.24) is 10.2 Å². The molecule has 0 aromatic heterocycles. The van der Waals surface area contributed by atoms with Crippen LogP contribution < -0.4 is 10.2 Å². The number of carbonyl (C=O) groups is 1. The summed E-state index contributed by atoms with van der Waals surface area (Å²) >= 11 is 0. The van der Waals surface area contributed by atoms with E-state index in [1.54, 1.807) is 12.1 Å². The molecule has 0 radical (unpaired) electrons. The second-order valence-corrected chi connectivity index (χ2v) is 7.15. The Balaban J connectivity index is 1.29. The van der Waals surface area contributed by atoms with E-state index in [2.05, 4.69) is 34.5 Å². The molecule has 2 aromatic rings. The van der Waals surface area contributed by atoms with E-state index in [0.29, 0.717) is 0 Å². The lowest BCUT2D eigenvalue weighted by atomic mass is 9.88. The molecule has 5 heteroatoms. The summed E-state index contributed by atoms with van der Waals surface area (Å²) in [4.78, 5) is 16.8. The van der Waals surface area contributed by atoms with E-state index < -0.39 is 0 Å². The number of phenols is 1. The van der Waals surface area contributed by atoms with Crippen molar-refractivity contribution >= 4 is 11.7 Å². The van der Waals surface area contributed by atoms with Crippen LogP contribution in [0.4, 0.5) is 10.5 Å². The molecule has 1 fully saturated rings.